The normalized spacial score (nSPS) is 18.3. The first kappa shape index (κ1) is 24.5. The second kappa shape index (κ2) is 11.6. The van der Waals surface area contributed by atoms with Crippen molar-refractivity contribution in [1.29, 1.82) is 0 Å². The van der Waals surface area contributed by atoms with E-state index in [0.29, 0.717) is 24.6 Å². The molecule has 1 aromatic heterocycles. The van der Waals surface area contributed by atoms with Gasteiger partial charge in [-0.25, -0.2) is 0 Å². The number of nitrogens with zero attached hydrogens (tertiary/aromatic N) is 2. The average molecular weight is 456 g/mol. The standard InChI is InChI=1S/C26H37N3O2S/c1-5-14-28(15-6-2)16-13-27-25(30)23-20-10-7-8-11-21(20)26(31)29(18-19(3)4)24(23)22-12-9-17-32-22/h7-12,17,19,23-24H,5-6,13-16,18H2,1-4H3,(H,27,30). The molecule has 0 aliphatic carbocycles. The summed E-state index contributed by atoms with van der Waals surface area (Å²) in [5.74, 6) is -0.0713. The topological polar surface area (TPSA) is 52.7 Å². The Labute approximate surface area is 196 Å². The van der Waals surface area contributed by atoms with Crippen LogP contribution in [0.3, 0.4) is 0 Å². The Morgan fingerprint density at radius 2 is 1.81 bits per heavy atom. The lowest BCUT2D eigenvalue weighted by molar-refractivity contribution is -0.124. The fourth-order valence-corrected chi connectivity index (χ4v) is 5.54. The van der Waals surface area contributed by atoms with E-state index < -0.39 is 5.92 Å². The molecule has 2 amide bonds. The molecule has 174 valence electrons. The summed E-state index contributed by atoms with van der Waals surface area (Å²) in [4.78, 5) is 32.5. The lowest BCUT2D eigenvalue weighted by Crippen LogP contribution is -2.49. The van der Waals surface area contributed by atoms with Crippen LogP contribution in [-0.4, -0.2) is 54.3 Å². The molecule has 2 atom stereocenters. The summed E-state index contributed by atoms with van der Waals surface area (Å²) in [6, 6.07) is 11.4. The maximum Gasteiger partial charge on any atom is 0.254 e. The molecule has 1 aliphatic rings. The Bertz CT molecular complexity index is 875. The fraction of sp³-hybridized carbons (Fsp3) is 0.538. The minimum absolute atomic E-state index is 0.00468. The van der Waals surface area contributed by atoms with Gasteiger partial charge in [0.05, 0.1) is 12.0 Å². The first-order valence-corrected chi connectivity index (χ1v) is 12.8. The van der Waals surface area contributed by atoms with Gasteiger partial charge in [-0.05, 0) is 54.9 Å². The van der Waals surface area contributed by atoms with Gasteiger partial charge in [0.1, 0.15) is 0 Å². The molecule has 2 aromatic rings. The monoisotopic (exact) mass is 455 g/mol. The number of thiophene rings is 1. The quantitative estimate of drug-likeness (QED) is 0.523. The van der Waals surface area contributed by atoms with Gasteiger partial charge < -0.3 is 15.1 Å². The lowest BCUT2D eigenvalue weighted by Gasteiger charge is -2.42. The van der Waals surface area contributed by atoms with E-state index in [9.17, 15) is 9.59 Å². The largest absolute Gasteiger partial charge is 0.354 e. The van der Waals surface area contributed by atoms with E-state index in [1.807, 2.05) is 46.7 Å². The second-order valence-electron chi connectivity index (χ2n) is 9.01. The molecule has 0 spiro atoms. The summed E-state index contributed by atoms with van der Waals surface area (Å²) >= 11 is 1.62. The maximum atomic E-state index is 13.6. The van der Waals surface area contributed by atoms with Gasteiger partial charge in [-0.1, -0.05) is 52.0 Å². The second-order valence-corrected chi connectivity index (χ2v) is 9.99. The third-order valence-corrected chi connectivity index (χ3v) is 6.87. The van der Waals surface area contributed by atoms with E-state index in [2.05, 4.69) is 37.9 Å². The van der Waals surface area contributed by atoms with Crippen LogP contribution in [0.5, 0.6) is 0 Å². The van der Waals surface area contributed by atoms with Crippen molar-refractivity contribution < 1.29 is 9.59 Å². The summed E-state index contributed by atoms with van der Waals surface area (Å²) in [7, 11) is 0. The van der Waals surface area contributed by atoms with Crippen LogP contribution in [0.2, 0.25) is 0 Å². The van der Waals surface area contributed by atoms with Crippen molar-refractivity contribution >= 4 is 23.2 Å². The Balaban J connectivity index is 1.90. The zero-order valence-corrected chi connectivity index (χ0v) is 20.7. The van der Waals surface area contributed by atoms with Crippen LogP contribution < -0.4 is 5.32 Å². The molecule has 0 saturated carbocycles. The van der Waals surface area contributed by atoms with Crippen LogP contribution in [0, 0.1) is 5.92 Å². The highest BCUT2D eigenvalue weighted by Crippen LogP contribution is 2.44. The molecule has 1 N–H and O–H groups in total. The fourth-order valence-electron chi connectivity index (χ4n) is 4.66. The molecule has 1 aliphatic heterocycles. The van der Waals surface area contributed by atoms with Crippen molar-refractivity contribution in [3.8, 4) is 0 Å². The zero-order chi connectivity index (χ0) is 23.1. The van der Waals surface area contributed by atoms with E-state index in [-0.39, 0.29) is 17.9 Å². The SMILES string of the molecule is CCCN(CCC)CCNC(=O)C1c2ccccc2C(=O)N(CC(C)C)C1c1cccs1. The van der Waals surface area contributed by atoms with Crippen LogP contribution in [-0.2, 0) is 4.79 Å². The molecule has 0 fully saturated rings. The van der Waals surface area contributed by atoms with E-state index in [0.717, 1.165) is 42.9 Å². The van der Waals surface area contributed by atoms with E-state index in [1.165, 1.54) is 0 Å². The molecule has 5 nitrogen and oxygen atoms in total. The smallest absolute Gasteiger partial charge is 0.254 e. The zero-order valence-electron chi connectivity index (χ0n) is 19.8. The molecular formula is C26H37N3O2S. The van der Waals surface area contributed by atoms with E-state index in [4.69, 9.17) is 0 Å². The number of nitrogens with one attached hydrogen (secondary N) is 1. The summed E-state index contributed by atoms with van der Waals surface area (Å²) in [5.41, 5.74) is 1.49. The highest BCUT2D eigenvalue weighted by molar-refractivity contribution is 7.10. The van der Waals surface area contributed by atoms with E-state index >= 15 is 0 Å². The molecule has 0 saturated heterocycles. The average Bonchev–Trinajstić information content (AvgIpc) is 3.30. The Kier molecular flexibility index (Phi) is 8.88. The van der Waals surface area contributed by atoms with Crippen molar-refractivity contribution in [2.75, 3.05) is 32.7 Å². The van der Waals surface area contributed by atoms with Crippen LogP contribution in [0.4, 0.5) is 0 Å². The Morgan fingerprint density at radius 1 is 1.09 bits per heavy atom. The number of fused-ring (bicyclic) bond motifs is 1. The van der Waals surface area contributed by atoms with E-state index in [1.54, 1.807) is 11.3 Å². The van der Waals surface area contributed by atoms with Crippen LogP contribution in [0.1, 0.15) is 73.3 Å². The van der Waals surface area contributed by atoms with Crippen molar-refractivity contribution in [3.05, 3.63) is 57.8 Å². The highest BCUT2D eigenvalue weighted by atomic mass is 32.1. The number of carbonyl (C=O) groups excluding carboxylic acids is 2. The van der Waals surface area contributed by atoms with Gasteiger partial charge in [0.2, 0.25) is 5.91 Å². The summed E-state index contributed by atoms with van der Waals surface area (Å²) in [6.45, 7) is 12.8. The van der Waals surface area contributed by atoms with Crippen molar-refractivity contribution in [2.45, 2.75) is 52.5 Å². The number of hydrogen-bond donors (Lipinski definition) is 1. The van der Waals surface area contributed by atoms with Gasteiger partial charge in [-0.15, -0.1) is 11.3 Å². The first-order chi connectivity index (χ1) is 15.5. The molecule has 1 aromatic carbocycles. The molecule has 0 radical (unpaired) electrons. The molecule has 2 heterocycles. The first-order valence-electron chi connectivity index (χ1n) is 11.9. The van der Waals surface area contributed by atoms with Gasteiger partial charge in [0.15, 0.2) is 0 Å². The number of rotatable bonds is 11. The van der Waals surface area contributed by atoms with Crippen LogP contribution in [0.25, 0.3) is 0 Å². The van der Waals surface area contributed by atoms with Crippen LogP contribution in [0.15, 0.2) is 41.8 Å². The van der Waals surface area contributed by atoms with Gasteiger partial charge in [-0.3, -0.25) is 9.59 Å². The molecule has 0 bridgehead atoms. The third-order valence-electron chi connectivity index (χ3n) is 5.92. The molecule has 2 unspecified atom stereocenters. The Morgan fingerprint density at radius 3 is 2.44 bits per heavy atom. The van der Waals surface area contributed by atoms with Crippen molar-refractivity contribution in [3.63, 3.8) is 0 Å². The highest BCUT2D eigenvalue weighted by Gasteiger charge is 2.44. The number of hydrogen-bond acceptors (Lipinski definition) is 4. The van der Waals surface area contributed by atoms with Gasteiger partial charge in [0, 0.05) is 30.1 Å². The maximum absolute atomic E-state index is 13.6. The van der Waals surface area contributed by atoms with Gasteiger partial charge in [0.25, 0.3) is 5.91 Å². The lowest BCUT2D eigenvalue weighted by atomic mass is 9.81. The summed E-state index contributed by atoms with van der Waals surface area (Å²) in [6.07, 6.45) is 2.22. The molecule has 6 heteroatoms. The number of amides is 2. The molecular weight excluding hydrogens is 418 g/mol. The predicted octanol–water partition coefficient (Wildman–Crippen LogP) is 4.92. The minimum atomic E-state index is -0.410. The Hall–Kier alpha value is -2.18. The summed E-state index contributed by atoms with van der Waals surface area (Å²) < 4.78 is 0. The summed E-state index contributed by atoms with van der Waals surface area (Å²) in [5, 5.41) is 5.23. The number of benzene rings is 1. The molecule has 32 heavy (non-hydrogen) atoms. The van der Waals surface area contributed by atoms with Crippen molar-refractivity contribution in [2.24, 2.45) is 5.92 Å². The van der Waals surface area contributed by atoms with Crippen LogP contribution >= 0.6 is 11.3 Å². The van der Waals surface area contributed by atoms with Gasteiger partial charge in [-0.2, -0.15) is 0 Å². The third kappa shape index (κ3) is 5.59. The molecule has 3 rings (SSSR count). The minimum Gasteiger partial charge on any atom is -0.354 e. The van der Waals surface area contributed by atoms with Gasteiger partial charge >= 0.3 is 0 Å². The van der Waals surface area contributed by atoms with Crippen molar-refractivity contribution in [1.82, 2.24) is 15.1 Å². The number of carbonyl (C=O) groups is 2. The predicted molar refractivity (Wildman–Crippen MR) is 132 cm³/mol.